The Bertz CT molecular complexity index is 506. The van der Waals surface area contributed by atoms with Gasteiger partial charge in [0, 0.05) is 10.6 Å². The lowest BCUT2D eigenvalue weighted by Crippen LogP contribution is -2.42. The number of aliphatic carboxylic acids is 1. The summed E-state index contributed by atoms with van der Waals surface area (Å²) in [6.45, 7) is 2.54. The number of benzene rings is 1. The fourth-order valence-electron chi connectivity index (χ4n) is 1.92. The number of thioether (sulfide) groups is 2. The summed E-state index contributed by atoms with van der Waals surface area (Å²) in [4.78, 5) is 25.6. The lowest BCUT2D eigenvalue weighted by Gasteiger charge is -2.20. The molecule has 0 radical (unpaired) electrons. The van der Waals surface area contributed by atoms with Crippen LogP contribution in [0.4, 0.5) is 0 Å². The van der Waals surface area contributed by atoms with Gasteiger partial charge in [-0.15, -0.1) is 23.5 Å². The van der Waals surface area contributed by atoms with Gasteiger partial charge in [0.1, 0.15) is 11.8 Å². The first-order valence-corrected chi connectivity index (χ1v) is 8.71. The maximum absolute atomic E-state index is 12.1. The van der Waals surface area contributed by atoms with Crippen LogP contribution in [0.15, 0.2) is 29.2 Å². The van der Waals surface area contributed by atoms with Gasteiger partial charge in [-0.05, 0) is 31.2 Å². The Morgan fingerprint density at radius 2 is 2.14 bits per heavy atom. The number of rotatable bonds is 6. The number of hydrogen-bond donors (Lipinski definition) is 1. The molecule has 1 aromatic rings. The summed E-state index contributed by atoms with van der Waals surface area (Å²) >= 11 is 2.88. The van der Waals surface area contributed by atoms with Crippen molar-refractivity contribution < 1.29 is 19.4 Å². The summed E-state index contributed by atoms with van der Waals surface area (Å²) in [7, 11) is 0. The number of amides is 1. The lowest BCUT2D eigenvalue weighted by atomic mass is 10.3. The quantitative estimate of drug-likeness (QED) is 0.808. The Hall–Kier alpha value is -1.34. The van der Waals surface area contributed by atoms with Crippen LogP contribution in [0.3, 0.4) is 0 Å². The molecule has 0 bridgehead atoms. The van der Waals surface area contributed by atoms with E-state index in [1.807, 2.05) is 31.2 Å². The van der Waals surface area contributed by atoms with E-state index in [0.717, 1.165) is 10.6 Å². The first-order valence-electron chi connectivity index (χ1n) is 6.57. The van der Waals surface area contributed by atoms with E-state index in [2.05, 4.69) is 0 Å². The Balaban J connectivity index is 1.87. The molecule has 1 amide bonds. The van der Waals surface area contributed by atoms with E-state index < -0.39 is 12.0 Å². The van der Waals surface area contributed by atoms with Crippen LogP contribution in [0.25, 0.3) is 0 Å². The molecule has 0 spiro atoms. The third-order valence-corrected chi connectivity index (χ3v) is 4.99. The van der Waals surface area contributed by atoms with Gasteiger partial charge in [0.15, 0.2) is 0 Å². The van der Waals surface area contributed by atoms with Crippen LogP contribution in [-0.4, -0.2) is 51.9 Å². The van der Waals surface area contributed by atoms with E-state index in [1.165, 1.54) is 28.4 Å². The van der Waals surface area contributed by atoms with Gasteiger partial charge in [-0.25, -0.2) is 4.79 Å². The third kappa shape index (κ3) is 4.31. The molecule has 1 saturated heterocycles. The highest BCUT2D eigenvalue weighted by Gasteiger charge is 2.34. The normalized spacial score (nSPS) is 17.8. The minimum Gasteiger partial charge on any atom is -0.494 e. The molecule has 1 fully saturated rings. The van der Waals surface area contributed by atoms with E-state index in [-0.39, 0.29) is 11.7 Å². The maximum atomic E-state index is 12.1. The van der Waals surface area contributed by atoms with Crippen molar-refractivity contribution in [2.45, 2.75) is 17.9 Å². The van der Waals surface area contributed by atoms with Gasteiger partial charge in [-0.1, -0.05) is 0 Å². The van der Waals surface area contributed by atoms with Crippen molar-refractivity contribution in [3.8, 4) is 5.75 Å². The topological polar surface area (TPSA) is 66.8 Å². The zero-order valence-corrected chi connectivity index (χ0v) is 13.3. The molecule has 0 aliphatic carbocycles. The second-order valence-electron chi connectivity index (χ2n) is 4.41. The molecule has 1 aliphatic heterocycles. The second kappa shape index (κ2) is 7.61. The van der Waals surface area contributed by atoms with E-state index >= 15 is 0 Å². The number of carboxylic acids is 1. The highest BCUT2D eigenvalue weighted by molar-refractivity contribution is 8.00. The molecular weight excluding hydrogens is 310 g/mol. The Morgan fingerprint density at radius 1 is 1.43 bits per heavy atom. The molecule has 0 unspecified atom stereocenters. The van der Waals surface area contributed by atoms with Gasteiger partial charge in [0.2, 0.25) is 5.91 Å². The van der Waals surface area contributed by atoms with Gasteiger partial charge in [-0.3, -0.25) is 4.79 Å². The number of carbonyl (C=O) groups excluding carboxylic acids is 1. The molecule has 7 heteroatoms. The molecule has 1 aromatic carbocycles. The van der Waals surface area contributed by atoms with E-state index in [4.69, 9.17) is 9.84 Å². The molecule has 1 atom stereocenters. The Kier molecular flexibility index (Phi) is 5.81. The van der Waals surface area contributed by atoms with Gasteiger partial charge in [-0.2, -0.15) is 0 Å². The summed E-state index contributed by atoms with van der Waals surface area (Å²) in [5, 5.41) is 9.07. The molecular formula is C14H17NO4S2. The predicted octanol–water partition coefficient (Wildman–Crippen LogP) is 2.16. The number of ether oxygens (including phenoxy) is 1. The van der Waals surface area contributed by atoms with Crippen molar-refractivity contribution in [3.63, 3.8) is 0 Å². The minimum absolute atomic E-state index is 0.133. The van der Waals surface area contributed by atoms with Crippen molar-refractivity contribution in [1.29, 1.82) is 0 Å². The van der Waals surface area contributed by atoms with E-state index in [0.29, 0.717) is 18.2 Å². The van der Waals surface area contributed by atoms with E-state index in [1.54, 1.807) is 0 Å². The van der Waals surface area contributed by atoms with Crippen LogP contribution in [0.2, 0.25) is 0 Å². The van der Waals surface area contributed by atoms with Crippen LogP contribution in [0, 0.1) is 0 Å². The van der Waals surface area contributed by atoms with Gasteiger partial charge in [0.05, 0.1) is 18.2 Å². The monoisotopic (exact) mass is 327 g/mol. The molecule has 1 aliphatic rings. The zero-order valence-electron chi connectivity index (χ0n) is 11.7. The number of hydrogen-bond acceptors (Lipinski definition) is 5. The number of nitrogens with zero attached hydrogens (tertiary/aromatic N) is 1. The molecule has 0 saturated carbocycles. The molecule has 0 aromatic heterocycles. The first kappa shape index (κ1) is 16.0. The molecule has 2 rings (SSSR count). The third-order valence-electron chi connectivity index (χ3n) is 2.98. The SMILES string of the molecule is CCOc1ccc(SCC(=O)N2CSC[C@H]2C(=O)O)cc1. The van der Waals surface area contributed by atoms with Crippen molar-refractivity contribution in [2.75, 3.05) is 24.0 Å². The molecule has 1 N–H and O–H groups in total. The van der Waals surface area contributed by atoms with E-state index in [9.17, 15) is 9.59 Å². The van der Waals surface area contributed by atoms with Crippen molar-refractivity contribution in [3.05, 3.63) is 24.3 Å². The fourth-order valence-corrected chi connectivity index (χ4v) is 3.88. The highest BCUT2D eigenvalue weighted by atomic mass is 32.2. The summed E-state index contributed by atoms with van der Waals surface area (Å²) in [5.74, 6) is 0.910. The van der Waals surface area contributed by atoms with Crippen molar-refractivity contribution in [2.24, 2.45) is 0 Å². The number of carboxylic acid groups (broad SMARTS) is 1. The minimum atomic E-state index is -0.931. The molecule has 21 heavy (non-hydrogen) atoms. The standard InChI is InChI=1S/C14H17NO4S2/c1-2-19-10-3-5-11(6-4-10)21-8-13(16)15-9-20-7-12(15)14(17)18/h3-6,12H,2,7-9H2,1H3,(H,17,18)/t12-/m0/s1. The Morgan fingerprint density at radius 3 is 2.76 bits per heavy atom. The van der Waals surface area contributed by atoms with Crippen LogP contribution >= 0.6 is 23.5 Å². The predicted molar refractivity (Wildman–Crippen MR) is 83.9 cm³/mol. The van der Waals surface area contributed by atoms with Crippen LogP contribution in [-0.2, 0) is 9.59 Å². The molecule has 1 heterocycles. The lowest BCUT2D eigenvalue weighted by molar-refractivity contribution is -0.146. The van der Waals surface area contributed by atoms with Crippen LogP contribution < -0.4 is 4.74 Å². The molecule has 114 valence electrons. The number of carbonyl (C=O) groups is 2. The van der Waals surface area contributed by atoms with Crippen LogP contribution in [0.5, 0.6) is 5.75 Å². The van der Waals surface area contributed by atoms with Gasteiger partial charge in [0.25, 0.3) is 0 Å². The summed E-state index contributed by atoms with van der Waals surface area (Å²) in [5.41, 5.74) is 0. The first-order chi connectivity index (χ1) is 10.1. The summed E-state index contributed by atoms with van der Waals surface area (Å²) in [6.07, 6.45) is 0. The van der Waals surface area contributed by atoms with Gasteiger partial charge >= 0.3 is 5.97 Å². The maximum Gasteiger partial charge on any atom is 0.327 e. The average molecular weight is 327 g/mol. The van der Waals surface area contributed by atoms with Crippen LogP contribution in [0.1, 0.15) is 6.92 Å². The van der Waals surface area contributed by atoms with Crippen molar-refractivity contribution >= 4 is 35.4 Å². The largest absolute Gasteiger partial charge is 0.494 e. The molecule has 5 nitrogen and oxygen atoms in total. The smallest absolute Gasteiger partial charge is 0.327 e. The summed E-state index contributed by atoms with van der Waals surface area (Å²) in [6, 6.07) is 6.83. The second-order valence-corrected chi connectivity index (χ2v) is 6.46. The van der Waals surface area contributed by atoms with Gasteiger partial charge < -0.3 is 14.7 Å². The zero-order chi connectivity index (χ0) is 15.2. The van der Waals surface area contributed by atoms with Crippen molar-refractivity contribution in [1.82, 2.24) is 4.90 Å². The summed E-state index contributed by atoms with van der Waals surface area (Å²) < 4.78 is 5.36. The fraction of sp³-hybridized carbons (Fsp3) is 0.429. The highest BCUT2D eigenvalue weighted by Crippen LogP contribution is 2.25. The Labute approximate surface area is 132 Å². The average Bonchev–Trinajstić information content (AvgIpc) is 2.96.